The normalized spacial score (nSPS) is 11.9. The molecule has 4 heterocycles. The van der Waals surface area contributed by atoms with Crippen LogP contribution in [0.5, 0.6) is 0 Å². The molecule has 0 aliphatic rings. The lowest BCUT2D eigenvalue weighted by atomic mass is 10.3. The van der Waals surface area contributed by atoms with Gasteiger partial charge < -0.3 is 9.14 Å². The number of ether oxygens (including phenoxy) is 1. The van der Waals surface area contributed by atoms with Crippen molar-refractivity contribution in [3.63, 3.8) is 0 Å². The molecule has 0 aliphatic heterocycles. The highest BCUT2D eigenvalue weighted by atomic mass is 32.2. The first-order chi connectivity index (χ1) is 12.4. The van der Waals surface area contributed by atoms with Gasteiger partial charge in [0.1, 0.15) is 12.3 Å². The van der Waals surface area contributed by atoms with Gasteiger partial charge in [-0.15, -0.1) is 0 Å². The van der Waals surface area contributed by atoms with Crippen LogP contribution in [0.25, 0.3) is 11.2 Å². The zero-order chi connectivity index (χ0) is 18.3. The lowest BCUT2D eigenvalue weighted by molar-refractivity contribution is 0.0462. The Kier molecular flexibility index (Phi) is 3.73. The van der Waals surface area contributed by atoms with E-state index >= 15 is 0 Å². The molecular weight excluding hydrogens is 356 g/mol. The molecule has 4 rings (SSSR count). The maximum Gasteiger partial charge on any atom is 0.359 e. The van der Waals surface area contributed by atoms with Gasteiger partial charge >= 0.3 is 5.97 Å². The molecule has 0 fully saturated rings. The van der Waals surface area contributed by atoms with Gasteiger partial charge in [0.2, 0.25) is 15.0 Å². The fourth-order valence-corrected chi connectivity index (χ4v) is 3.53. The Balaban J connectivity index is 1.68. The van der Waals surface area contributed by atoms with E-state index < -0.39 is 15.8 Å². The Labute approximate surface area is 148 Å². The van der Waals surface area contributed by atoms with E-state index in [0.29, 0.717) is 5.52 Å². The maximum absolute atomic E-state index is 12.5. The first-order valence-corrected chi connectivity index (χ1v) is 9.59. The molecule has 0 unspecified atom stereocenters. The predicted octanol–water partition coefficient (Wildman–Crippen LogP) is 1.74. The van der Waals surface area contributed by atoms with Gasteiger partial charge in [0.15, 0.2) is 5.69 Å². The van der Waals surface area contributed by atoms with Gasteiger partial charge in [0.05, 0.1) is 11.2 Å². The van der Waals surface area contributed by atoms with E-state index in [-0.39, 0.29) is 17.5 Å². The number of sulfone groups is 1. The first kappa shape index (κ1) is 16.3. The summed E-state index contributed by atoms with van der Waals surface area (Å²) in [5, 5.41) is -0.197. The quantitative estimate of drug-likeness (QED) is 0.508. The summed E-state index contributed by atoms with van der Waals surface area (Å²) in [5.41, 5.74) is 1.81. The predicted molar refractivity (Wildman–Crippen MR) is 92.6 cm³/mol. The third-order valence-electron chi connectivity index (χ3n) is 3.90. The largest absolute Gasteiger partial charge is 0.454 e. The Hall–Kier alpha value is -3.20. The molecule has 0 saturated carbocycles. The molecule has 0 radical (unpaired) electrons. The second kappa shape index (κ2) is 5.95. The van der Waals surface area contributed by atoms with Crippen LogP contribution in [0.4, 0.5) is 0 Å². The van der Waals surface area contributed by atoms with Crippen LogP contribution in [0, 0.1) is 0 Å². The van der Waals surface area contributed by atoms with Crippen molar-refractivity contribution in [1.29, 1.82) is 0 Å². The Morgan fingerprint density at radius 1 is 1.12 bits per heavy atom. The summed E-state index contributed by atoms with van der Waals surface area (Å²) in [5.74, 6) is -0.694. The molecule has 0 N–H and O–H groups in total. The second-order valence-electron chi connectivity index (χ2n) is 5.72. The summed E-state index contributed by atoms with van der Waals surface area (Å²) in [6, 6.07) is 10.5. The number of esters is 1. The minimum atomic E-state index is -3.60. The summed E-state index contributed by atoms with van der Waals surface area (Å²) >= 11 is 0. The van der Waals surface area contributed by atoms with E-state index in [9.17, 15) is 13.2 Å². The molecule has 9 heteroatoms. The van der Waals surface area contributed by atoms with Gasteiger partial charge in [-0.3, -0.25) is 4.40 Å². The average molecular weight is 370 g/mol. The first-order valence-electron chi connectivity index (χ1n) is 7.70. The van der Waals surface area contributed by atoms with Gasteiger partial charge in [0, 0.05) is 24.8 Å². The summed E-state index contributed by atoms with van der Waals surface area (Å²) in [7, 11) is -3.60. The lowest BCUT2D eigenvalue weighted by Crippen LogP contribution is -2.09. The number of hydrogen-bond donors (Lipinski definition) is 0. The number of hydrogen-bond acceptors (Lipinski definition) is 6. The van der Waals surface area contributed by atoms with Gasteiger partial charge in [0.25, 0.3) is 0 Å². The lowest BCUT2D eigenvalue weighted by Gasteiger charge is -2.06. The summed E-state index contributed by atoms with van der Waals surface area (Å²) in [6.07, 6.45) is 6.01. The molecule has 8 nitrogen and oxygen atoms in total. The second-order valence-corrected chi connectivity index (χ2v) is 7.63. The van der Waals surface area contributed by atoms with Crippen molar-refractivity contribution in [3.8, 4) is 0 Å². The average Bonchev–Trinajstić information content (AvgIpc) is 3.24. The van der Waals surface area contributed by atoms with Crippen LogP contribution in [0.3, 0.4) is 0 Å². The van der Waals surface area contributed by atoms with Crippen molar-refractivity contribution in [3.05, 3.63) is 66.4 Å². The summed E-state index contributed by atoms with van der Waals surface area (Å²) < 4.78 is 32.4. The minimum Gasteiger partial charge on any atom is -0.454 e. The SMILES string of the molecule is CS(=O)(=O)c1nc(C(=O)OCc2cccc3nccn23)c2ccccn12. The highest BCUT2D eigenvalue weighted by Crippen LogP contribution is 2.18. The molecule has 0 saturated heterocycles. The summed E-state index contributed by atoms with van der Waals surface area (Å²) in [4.78, 5) is 20.7. The molecule has 132 valence electrons. The van der Waals surface area contributed by atoms with E-state index in [1.807, 2.05) is 18.2 Å². The molecule has 26 heavy (non-hydrogen) atoms. The number of nitrogens with zero attached hydrogens (tertiary/aromatic N) is 4. The molecule has 0 bridgehead atoms. The van der Waals surface area contributed by atoms with Gasteiger partial charge in [-0.05, 0) is 24.3 Å². The molecule has 4 aromatic heterocycles. The van der Waals surface area contributed by atoms with E-state index in [4.69, 9.17) is 4.74 Å². The van der Waals surface area contributed by atoms with E-state index in [2.05, 4.69) is 9.97 Å². The zero-order valence-corrected chi connectivity index (χ0v) is 14.5. The molecule has 0 aliphatic carbocycles. The molecular formula is C17H14N4O4S. The zero-order valence-electron chi connectivity index (χ0n) is 13.7. The number of aromatic nitrogens is 4. The van der Waals surface area contributed by atoms with Crippen molar-refractivity contribution in [2.45, 2.75) is 11.8 Å². The van der Waals surface area contributed by atoms with Crippen molar-refractivity contribution in [2.75, 3.05) is 6.26 Å². The standard InChI is InChI=1S/C17H14N4O4S/c1-26(23,24)17-19-15(13-6-2-3-9-21(13)17)16(22)25-11-12-5-4-7-14-18-8-10-20(12)14/h2-10H,11H2,1H3. The number of carbonyl (C=O) groups is 1. The van der Waals surface area contributed by atoms with Gasteiger partial charge in [-0.2, -0.15) is 0 Å². The van der Waals surface area contributed by atoms with E-state index in [1.165, 1.54) is 4.40 Å². The Bertz CT molecular complexity index is 1240. The maximum atomic E-state index is 12.5. The number of imidazole rings is 2. The molecule has 0 atom stereocenters. The van der Waals surface area contributed by atoms with Crippen molar-refractivity contribution in [2.24, 2.45) is 0 Å². The van der Waals surface area contributed by atoms with E-state index in [1.54, 1.807) is 41.2 Å². The van der Waals surface area contributed by atoms with Crippen molar-refractivity contribution in [1.82, 2.24) is 18.8 Å². The number of pyridine rings is 2. The topological polar surface area (TPSA) is 95.0 Å². The fourth-order valence-electron chi connectivity index (χ4n) is 2.75. The molecule has 4 aromatic rings. The van der Waals surface area contributed by atoms with Crippen molar-refractivity contribution < 1.29 is 17.9 Å². The van der Waals surface area contributed by atoms with E-state index in [0.717, 1.165) is 17.6 Å². The van der Waals surface area contributed by atoms with Crippen LogP contribution >= 0.6 is 0 Å². The molecule has 0 amide bonds. The van der Waals surface area contributed by atoms with Crippen LogP contribution in [0.15, 0.2) is 60.1 Å². The van der Waals surface area contributed by atoms with Crippen LogP contribution in [0.1, 0.15) is 16.2 Å². The number of carbonyl (C=O) groups excluding carboxylic acids is 1. The molecule has 0 aromatic carbocycles. The van der Waals surface area contributed by atoms with Crippen LogP contribution in [0.2, 0.25) is 0 Å². The van der Waals surface area contributed by atoms with Crippen LogP contribution < -0.4 is 0 Å². The fraction of sp³-hybridized carbons (Fsp3) is 0.118. The van der Waals surface area contributed by atoms with Crippen molar-refractivity contribution >= 4 is 27.0 Å². The summed E-state index contributed by atoms with van der Waals surface area (Å²) in [6.45, 7) is 0.00654. The van der Waals surface area contributed by atoms with Gasteiger partial charge in [-0.1, -0.05) is 12.1 Å². The third-order valence-corrected chi connectivity index (χ3v) is 4.86. The Morgan fingerprint density at radius 2 is 1.96 bits per heavy atom. The number of rotatable bonds is 4. The minimum absolute atomic E-state index is 0.00654. The number of fused-ring (bicyclic) bond motifs is 2. The van der Waals surface area contributed by atoms with Crippen LogP contribution in [-0.2, 0) is 21.2 Å². The highest BCUT2D eigenvalue weighted by molar-refractivity contribution is 7.90. The third kappa shape index (κ3) is 2.72. The highest BCUT2D eigenvalue weighted by Gasteiger charge is 2.23. The molecule has 0 spiro atoms. The van der Waals surface area contributed by atoms with Gasteiger partial charge in [-0.25, -0.2) is 23.2 Å². The monoisotopic (exact) mass is 370 g/mol. The smallest absolute Gasteiger partial charge is 0.359 e. The Morgan fingerprint density at radius 3 is 2.77 bits per heavy atom. The van der Waals surface area contributed by atoms with Crippen LogP contribution in [-0.4, -0.2) is 39.4 Å².